The van der Waals surface area contributed by atoms with Crippen LogP contribution in [0.4, 0.5) is 0 Å². The second kappa shape index (κ2) is 5.58. The number of hydrogen-bond donors (Lipinski definition) is 3. The quantitative estimate of drug-likeness (QED) is 0.390. The van der Waals surface area contributed by atoms with Gasteiger partial charge in [-0.2, -0.15) is 0 Å². The average molecular weight is 325 g/mol. The Morgan fingerprint density at radius 3 is 2.77 bits per heavy atom. The molecule has 0 spiro atoms. The highest BCUT2D eigenvalue weighted by Crippen LogP contribution is 2.47. The highest BCUT2D eigenvalue weighted by Gasteiger charge is 2.55. The molecule has 22 heavy (non-hydrogen) atoms. The second-order valence-electron chi connectivity index (χ2n) is 5.91. The van der Waals surface area contributed by atoms with Crippen LogP contribution < -0.4 is 0 Å². The van der Waals surface area contributed by atoms with Crippen LogP contribution in [0.15, 0.2) is 10.6 Å². The van der Waals surface area contributed by atoms with Crippen molar-refractivity contribution in [1.82, 2.24) is 9.80 Å². The molecule has 8 heteroatoms. The zero-order valence-corrected chi connectivity index (χ0v) is 13.1. The number of amides is 1. The van der Waals surface area contributed by atoms with Crippen molar-refractivity contribution in [3.8, 4) is 0 Å². The Hall–Kier alpha value is -1.54. The van der Waals surface area contributed by atoms with Crippen molar-refractivity contribution >= 4 is 29.5 Å². The van der Waals surface area contributed by atoms with E-state index in [1.807, 2.05) is 4.90 Å². The van der Waals surface area contributed by atoms with Crippen molar-refractivity contribution in [2.45, 2.75) is 31.1 Å². The van der Waals surface area contributed by atoms with Crippen LogP contribution >= 0.6 is 11.8 Å². The molecule has 3 atom stereocenters. The van der Waals surface area contributed by atoms with Gasteiger partial charge in [0.2, 0.25) is 5.91 Å². The summed E-state index contributed by atoms with van der Waals surface area (Å²) in [5.41, 5.74) is 0.0923. The summed E-state index contributed by atoms with van der Waals surface area (Å²) < 4.78 is 0. The topological polar surface area (TPSA) is 105 Å². The summed E-state index contributed by atoms with van der Waals surface area (Å²) in [6.45, 7) is 3.07. The van der Waals surface area contributed by atoms with E-state index >= 15 is 0 Å². The smallest absolute Gasteiger partial charge is 0.353 e. The molecule has 3 heterocycles. The number of rotatable bonds is 4. The van der Waals surface area contributed by atoms with E-state index in [4.69, 9.17) is 5.41 Å². The maximum Gasteiger partial charge on any atom is 0.353 e. The van der Waals surface area contributed by atoms with E-state index in [1.165, 1.54) is 16.7 Å². The van der Waals surface area contributed by atoms with Gasteiger partial charge in [-0.25, -0.2) is 4.79 Å². The molecule has 0 bridgehead atoms. The van der Waals surface area contributed by atoms with Crippen LogP contribution in [-0.2, 0) is 9.59 Å². The van der Waals surface area contributed by atoms with Gasteiger partial charge in [0.25, 0.3) is 0 Å². The van der Waals surface area contributed by atoms with Gasteiger partial charge >= 0.3 is 5.97 Å². The minimum absolute atomic E-state index is 0.0923. The molecule has 0 unspecified atom stereocenters. The number of amidine groups is 1. The normalized spacial score (nSPS) is 30.6. The van der Waals surface area contributed by atoms with E-state index in [0.29, 0.717) is 12.3 Å². The molecule has 0 aromatic heterocycles. The van der Waals surface area contributed by atoms with Crippen LogP contribution in [0.5, 0.6) is 0 Å². The second-order valence-corrected chi connectivity index (χ2v) is 7.30. The number of aliphatic hydroxyl groups is 1. The lowest BCUT2D eigenvalue weighted by Crippen LogP contribution is -2.59. The lowest BCUT2D eigenvalue weighted by Gasteiger charge is -2.42. The van der Waals surface area contributed by atoms with Gasteiger partial charge in [0, 0.05) is 29.7 Å². The largest absolute Gasteiger partial charge is 0.477 e. The van der Waals surface area contributed by atoms with E-state index in [9.17, 15) is 19.8 Å². The minimum atomic E-state index is -1.08. The third-order valence-corrected chi connectivity index (χ3v) is 5.94. The number of hydrogen-bond acceptors (Lipinski definition) is 5. The van der Waals surface area contributed by atoms with Gasteiger partial charge in [0.15, 0.2) is 0 Å². The maximum atomic E-state index is 11.9. The zero-order valence-electron chi connectivity index (χ0n) is 12.3. The minimum Gasteiger partial charge on any atom is -0.477 e. The molecule has 3 aliphatic rings. The molecule has 2 saturated heterocycles. The lowest BCUT2D eigenvalue weighted by atomic mass is 9.88. The highest BCUT2D eigenvalue weighted by molar-refractivity contribution is 8.03. The van der Waals surface area contributed by atoms with Crippen molar-refractivity contribution < 1.29 is 19.8 Å². The van der Waals surface area contributed by atoms with E-state index in [2.05, 4.69) is 0 Å². The monoisotopic (exact) mass is 325 g/mol. The number of carboxylic acids is 1. The van der Waals surface area contributed by atoms with Crippen LogP contribution in [0, 0.1) is 11.3 Å². The molecule has 120 valence electrons. The summed E-state index contributed by atoms with van der Waals surface area (Å²) in [6, 6.07) is -0.201. The summed E-state index contributed by atoms with van der Waals surface area (Å²) >= 11 is 1.52. The Bertz CT molecular complexity index is 576. The Labute approximate surface area is 132 Å². The number of nitrogens with zero attached hydrogens (tertiary/aromatic N) is 2. The number of fused-ring (bicyclic) bond motifs is 1. The first-order valence-corrected chi connectivity index (χ1v) is 8.19. The van der Waals surface area contributed by atoms with Crippen LogP contribution in [-0.4, -0.2) is 68.7 Å². The number of nitrogens with one attached hydrogen (secondary N) is 1. The summed E-state index contributed by atoms with van der Waals surface area (Å²) in [6.07, 6.45) is 1.42. The number of carbonyl (C=O) groups is 2. The number of carboxylic acid groups (broad SMARTS) is 1. The lowest BCUT2D eigenvalue weighted by molar-refractivity contribution is -0.157. The van der Waals surface area contributed by atoms with Crippen molar-refractivity contribution in [3.63, 3.8) is 0 Å². The van der Waals surface area contributed by atoms with Gasteiger partial charge in [-0.3, -0.25) is 10.2 Å². The number of likely N-dealkylation sites (tertiary alicyclic amines) is 1. The van der Waals surface area contributed by atoms with Gasteiger partial charge in [-0.15, -0.1) is 11.8 Å². The fourth-order valence-corrected chi connectivity index (χ4v) is 4.84. The molecule has 2 fully saturated rings. The summed E-state index contributed by atoms with van der Waals surface area (Å²) in [5, 5.41) is 26.6. The fourth-order valence-electron chi connectivity index (χ4n) is 3.39. The van der Waals surface area contributed by atoms with Crippen LogP contribution in [0.2, 0.25) is 0 Å². The zero-order chi connectivity index (χ0) is 16.0. The number of thioether (sulfide) groups is 1. The third-order valence-electron chi connectivity index (χ3n) is 4.58. The molecule has 0 aromatic carbocycles. The fraction of sp³-hybridized carbons (Fsp3) is 0.643. The standard InChI is InChI=1S/C14H19N3O4S/c1-7(15)16-3-2-8(5-16)22-11-4-10-9(6-18)13(19)17(10)12(11)14(20)21/h8-10,15,18H,2-6H2,1H3,(H,20,21)/t8-,9+,10+/m0/s1. The van der Waals surface area contributed by atoms with Crippen LogP contribution in [0.1, 0.15) is 19.8 Å². The first-order chi connectivity index (χ1) is 10.4. The Balaban J connectivity index is 1.74. The number of β-lactam (4-membered cyclic amide) rings is 1. The molecule has 0 saturated carbocycles. The highest BCUT2D eigenvalue weighted by atomic mass is 32.2. The Kier molecular flexibility index (Phi) is 3.90. The molecular weight excluding hydrogens is 306 g/mol. The molecule has 3 rings (SSSR count). The predicted molar refractivity (Wildman–Crippen MR) is 81.5 cm³/mol. The summed E-state index contributed by atoms with van der Waals surface area (Å²) in [4.78, 5) is 27.5. The van der Waals surface area contributed by atoms with E-state index in [0.717, 1.165) is 24.4 Å². The molecule has 0 aromatic rings. The molecule has 7 nitrogen and oxygen atoms in total. The van der Waals surface area contributed by atoms with Crippen molar-refractivity contribution in [2.24, 2.45) is 5.92 Å². The molecular formula is C14H19N3O4S. The van der Waals surface area contributed by atoms with Crippen LogP contribution in [0.25, 0.3) is 0 Å². The van der Waals surface area contributed by atoms with Gasteiger partial charge < -0.3 is 20.0 Å². The number of carbonyl (C=O) groups excluding carboxylic acids is 1. The molecule has 1 amide bonds. The van der Waals surface area contributed by atoms with Crippen molar-refractivity contribution in [3.05, 3.63) is 10.6 Å². The van der Waals surface area contributed by atoms with Crippen molar-refractivity contribution in [1.29, 1.82) is 5.41 Å². The van der Waals surface area contributed by atoms with Crippen LogP contribution in [0.3, 0.4) is 0 Å². The molecule has 0 radical (unpaired) electrons. The molecule has 3 aliphatic heterocycles. The first-order valence-electron chi connectivity index (χ1n) is 7.31. The van der Waals surface area contributed by atoms with E-state index in [-0.39, 0.29) is 29.5 Å². The summed E-state index contributed by atoms with van der Waals surface area (Å²) in [7, 11) is 0. The molecule has 0 aliphatic carbocycles. The maximum absolute atomic E-state index is 11.9. The number of aliphatic carboxylic acids is 1. The Morgan fingerprint density at radius 2 is 2.23 bits per heavy atom. The number of aliphatic hydroxyl groups excluding tert-OH is 1. The predicted octanol–water partition coefficient (Wildman–Crippen LogP) is 0.310. The van der Waals surface area contributed by atoms with Gasteiger partial charge in [0.1, 0.15) is 5.70 Å². The third kappa shape index (κ3) is 2.30. The molecule has 3 N–H and O–H groups in total. The summed E-state index contributed by atoms with van der Waals surface area (Å²) in [5.74, 6) is -1.30. The van der Waals surface area contributed by atoms with E-state index < -0.39 is 11.9 Å². The Morgan fingerprint density at radius 1 is 1.50 bits per heavy atom. The van der Waals surface area contributed by atoms with Crippen molar-refractivity contribution in [2.75, 3.05) is 19.7 Å². The van der Waals surface area contributed by atoms with Gasteiger partial charge in [0.05, 0.1) is 24.4 Å². The van der Waals surface area contributed by atoms with Gasteiger partial charge in [-0.1, -0.05) is 0 Å². The first kappa shape index (κ1) is 15.4. The van der Waals surface area contributed by atoms with E-state index in [1.54, 1.807) is 6.92 Å². The van der Waals surface area contributed by atoms with Gasteiger partial charge in [-0.05, 0) is 13.3 Å². The average Bonchev–Trinajstić information content (AvgIpc) is 3.03. The SMILES string of the molecule is CC(=N)N1CC[C@H](SC2=C(C(=O)O)N3C(=O)[C@H](CO)[C@H]3C2)C1.